The van der Waals surface area contributed by atoms with E-state index in [1.807, 2.05) is 18.2 Å². The molecule has 2 heterocycles. The van der Waals surface area contributed by atoms with Crippen molar-refractivity contribution >= 4 is 33.2 Å². The van der Waals surface area contributed by atoms with Gasteiger partial charge in [-0.15, -0.1) is 0 Å². The van der Waals surface area contributed by atoms with Gasteiger partial charge in [0.25, 0.3) is 15.9 Å². The lowest BCUT2D eigenvalue weighted by molar-refractivity contribution is 0.0628. The van der Waals surface area contributed by atoms with E-state index in [9.17, 15) is 13.2 Å². The highest BCUT2D eigenvalue weighted by Crippen LogP contribution is 2.33. The van der Waals surface area contributed by atoms with Crippen LogP contribution in [0, 0.1) is 0 Å². The number of sulfonamides is 1. The van der Waals surface area contributed by atoms with Gasteiger partial charge in [-0.05, 0) is 48.0 Å². The molecule has 1 amide bonds. The molecule has 0 aromatic heterocycles. The summed E-state index contributed by atoms with van der Waals surface area (Å²) >= 11 is 6.33. The summed E-state index contributed by atoms with van der Waals surface area (Å²) in [4.78, 5) is 17.3. The number of hydrogen-bond donors (Lipinski definition) is 1. The molecule has 3 aromatic rings. The number of nitrogens with zero attached hydrogens (tertiary/aromatic N) is 2. The largest absolute Gasteiger partial charge is 0.454 e. The van der Waals surface area contributed by atoms with Gasteiger partial charge in [-0.3, -0.25) is 14.4 Å². The fraction of sp³-hybridized carbons (Fsp3) is 0.240. The maximum absolute atomic E-state index is 13.0. The molecule has 0 spiro atoms. The van der Waals surface area contributed by atoms with E-state index in [-0.39, 0.29) is 28.3 Å². The maximum Gasteiger partial charge on any atom is 0.261 e. The van der Waals surface area contributed by atoms with Crippen molar-refractivity contribution in [3.63, 3.8) is 0 Å². The third-order valence-corrected chi connectivity index (χ3v) is 7.71. The smallest absolute Gasteiger partial charge is 0.261 e. The fourth-order valence-corrected chi connectivity index (χ4v) is 5.51. The van der Waals surface area contributed by atoms with Crippen molar-refractivity contribution in [3.05, 3.63) is 82.9 Å². The van der Waals surface area contributed by atoms with Crippen LogP contribution in [0.3, 0.4) is 0 Å². The fourth-order valence-electron chi connectivity index (χ4n) is 4.12. The lowest BCUT2D eigenvalue weighted by Gasteiger charge is -2.35. The molecule has 3 aromatic carbocycles. The Bertz CT molecular complexity index is 1340. The summed E-state index contributed by atoms with van der Waals surface area (Å²) in [6, 6.07) is 18.6. The van der Waals surface area contributed by atoms with Gasteiger partial charge in [0.2, 0.25) is 6.79 Å². The number of amides is 1. The topological polar surface area (TPSA) is 88.2 Å². The number of anilines is 1. The third-order valence-electron chi connectivity index (χ3n) is 6.02. The SMILES string of the molecule is O=C(c1ccc(NS(=O)(=O)c2ccccc2)c(Cl)c1)N1CCN(Cc2ccc3c(c2)OCO3)CC1. The van der Waals surface area contributed by atoms with Crippen LogP contribution in [0.4, 0.5) is 5.69 Å². The molecule has 5 rings (SSSR count). The first kappa shape index (κ1) is 23.5. The number of piperazine rings is 1. The summed E-state index contributed by atoms with van der Waals surface area (Å²) < 4.78 is 38.4. The lowest BCUT2D eigenvalue weighted by Crippen LogP contribution is -2.48. The molecule has 1 N–H and O–H groups in total. The first-order valence-corrected chi connectivity index (χ1v) is 13.0. The molecule has 0 bridgehead atoms. The Morgan fingerprint density at radius 3 is 2.40 bits per heavy atom. The second-order valence-corrected chi connectivity index (χ2v) is 10.5. The molecule has 2 aliphatic rings. The molecule has 182 valence electrons. The quantitative estimate of drug-likeness (QED) is 0.539. The summed E-state index contributed by atoms with van der Waals surface area (Å²) in [5.41, 5.74) is 1.77. The molecule has 8 nitrogen and oxygen atoms in total. The maximum atomic E-state index is 13.0. The van der Waals surface area contributed by atoms with Crippen LogP contribution in [0.1, 0.15) is 15.9 Å². The average molecular weight is 514 g/mol. The summed E-state index contributed by atoms with van der Waals surface area (Å²) in [7, 11) is -3.77. The Balaban J connectivity index is 1.19. The molecule has 10 heteroatoms. The van der Waals surface area contributed by atoms with Crippen LogP contribution in [-0.4, -0.2) is 57.1 Å². The minimum atomic E-state index is -3.77. The Morgan fingerprint density at radius 2 is 1.66 bits per heavy atom. The highest BCUT2D eigenvalue weighted by atomic mass is 35.5. The Hall–Kier alpha value is -3.27. The predicted molar refractivity (Wildman–Crippen MR) is 132 cm³/mol. The predicted octanol–water partition coefficient (Wildman–Crippen LogP) is 3.83. The molecular weight excluding hydrogens is 490 g/mol. The number of carbonyl (C=O) groups excluding carboxylic acids is 1. The molecule has 35 heavy (non-hydrogen) atoms. The van der Waals surface area contributed by atoms with Gasteiger partial charge in [-0.25, -0.2) is 8.42 Å². The van der Waals surface area contributed by atoms with Crippen LogP contribution in [0.15, 0.2) is 71.6 Å². The zero-order chi connectivity index (χ0) is 24.4. The van der Waals surface area contributed by atoms with E-state index >= 15 is 0 Å². The number of nitrogens with one attached hydrogen (secondary N) is 1. The van der Waals surface area contributed by atoms with Gasteiger partial charge in [0.1, 0.15) is 0 Å². The van der Waals surface area contributed by atoms with Crippen molar-refractivity contribution in [2.24, 2.45) is 0 Å². The van der Waals surface area contributed by atoms with Gasteiger partial charge in [-0.1, -0.05) is 35.9 Å². The number of carbonyl (C=O) groups is 1. The van der Waals surface area contributed by atoms with Gasteiger partial charge in [-0.2, -0.15) is 0 Å². The van der Waals surface area contributed by atoms with Gasteiger partial charge >= 0.3 is 0 Å². The lowest BCUT2D eigenvalue weighted by atomic mass is 10.1. The number of rotatable bonds is 6. The molecule has 2 aliphatic heterocycles. The van der Waals surface area contributed by atoms with Gasteiger partial charge in [0, 0.05) is 38.3 Å². The first-order valence-electron chi connectivity index (χ1n) is 11.2. The average Bonchev–Trinajstić information content (AvgIpc) is 3.34. The van der Waals surface area contributed by atoms with Gasteiger partial charge in [0.15, 0.2) is 11.5 Å². The molecule has 0 aliphatic carbocycles. The van der Waals surface area contributed by atoms with Crippen LogP contribution in [-0.2, 0) is 16.6 Å². The van der Waals surface area contributed by atoms with Crippen LogP contribution in [0.5, 0.6) is 11.5 Å². The standard InChI is InChI=1S/C25H24ClN3O5S/c26-21-15-19(7-8-22(21)27-35(31,32)20-4-2-1-3-5-20)25(30)29-12-10-28(11-13-29)16-18-6-9-23-24(14-18)34-17-33-23/h1-9,14-15,27H,10-13,16-17H2. The van der Waals surface area contributed by atoms with Crippen LogP contribution < -0.4 is 14.2 Å². The molecule has 1 fully saturated rings. The van der Waals surface area contributed by atoms with Crippen LogP contribution >= 0.6 is 11.6 Å². The number of halogens is 1. The van der Waals surface area contributed by atoms with E-state index in [2.05, 4.69) is 9.62 Å². The minimum Gasteiger partial charge on any atom is -0.454 e. The molecule has 0 atom stereocenters. The van der Waals surface area contributed by atoms with E-state index in [1.165, 1.54) is 24.3 Å². The van der Waals surface area contributed by atoms with Crippen molar-refractivity contribution in [2.75, 3.05) is 37.7 Å². The Kier molecular flexibility index (Phi) is 6.55. The molecule has 0 saturated carbocycles. The van der Waals surface area contributed by atoms with E-state index in [0.717, 1.165) is 36.7 Å². The number of benzene rings is 3. The first-order chi connectivity index (χ1) is 16.9. The zero-order valence-electron chi connectivity index (χ0n) is 18.8. The highest BCUT2D eigenvalue weighted by Gasteiger charge is 2.24. The minimum absolute atomic E-state index is 0.132. The van der Waals surface area contributed by atoms with Crippen molar-refractivity contribution in [3.8, 4) is 11.5 Å². The monoisotopic (exact) mass is 513 g/mol. The highest BCUT2D eigenvalue weighted by molar-refractivity contribution is 7.92. The van der Waals surface area contributed by atoms with Gasteiger partial charge < -0.3 is 14.4 Å². The summed E-state index contributed by atoms with van der Waals surface area (Å²) in [6.45, 7) is 3.67. The number of ether oxygens (including phenoxy) is 2. The third kappa shape index (κ3) is 5.22. The molecule has 0 unspecified atom stereocenters. The summed E-state index contributed by atoms with van der Waals surface area (Å²) in [5.74, 6) is 1.40. The molecule has 0 radical (unpaired) electrons. The number of hydrogen-bond acceptors (Lipinski definition) is 6. The second kappa shape index (κ2) is 9.77. The second-order valence-electron chi connectivity index (χ2n) is 8.37. The molecule has 1 saturated heterocycles. The van der Waals surface area contributed by atoms with Crippen LogP contribution in [0.25, 0.3) is 0 Å². The van der Waals surface area contributed by atoms with Crippen LogP contribution in [0.2, 0.25) is 5.02 Å². The van der Waals surface area contributed by atoms with Crippen molar-refractivity contribution < 1.29 is 22.7 Å². The molecular formula is C25H24ClN3O5S. The zero-order valence-corrected chi connectivity index (χ0v) is 20.4. The van der Waals surface area contributed by atoms with E-state index < -0.39 is 10.0 Å². The van der Waals surface area contributed by atoms with E-state index in [1.54, 1.807) is 29.2 Å². The van der Waals surface area contributed by atoms with Crippen molar-refractivity contribution in [1.29, 1.82) is 0 Å². The van der Waals surface area contributed by atoms with Crippen molar-refractivity contribution in [2.45, 2.75) is 11.4 Å². The van der Waals surface area contributed by atoms with E-state index in [4.69, 9.17) is 21.1 Å². The van der Waals surface area contributed by atoms with Gasteiger partial charge in [0.05, 0.1) is 15.6 Å². The Labute approximate surface area is 209 Å². The van der Waals surface area contributed by atoms with E-state index in [0.29, 0.717) is 18.7 Å². The normalized spacial score (nSPS) is 15.7. The number of fused-ring (bicyclic) bond motifs is 1. The summed E-state index contributed by atoms with van der Waals surface area (Å²) in [5, 5.41) is 0.164. The van der Waals surface area contributed by atoms with Crippen molar-refractivity contribution in [1.82, 2.24) is 9.80 Å². The summed E-state index contributed by atoms with van der Waals surface area (Å²) in [6.07, 6.45) is 0. The Morgan fingerprint density at radius 1 is 0.914 bits per heavy atom.